The Bertz CT molecular complexity index is 2120. The number of piperidine rings is 1. The minimum absolute atomic E-state index is 0.0263. The molecule has 2 saturated carbocycles. The predicted molar refractivity (Wildman–Crippen MR) is 235 cm³/mol. The molecule has 0 bridgehead atoms. The van der Waals surface area contributed by atoms with Gasteiger partial charge in [0.05, 0.1) is 5.25 Å². The molecule has 6 amide bonds. The molecule has 3 fully saturated rings. The molecule has 1 aromatic heterocycles. The van der Waals surface area contributed by atoms with E-state index in [1.807, 2.05) is 61.5 Å². The Kier molecular flexibility index (Phi) is 14.0. The number of carbonyl (C=O) groups is 6. The average molecular weight is 881 g/mol. The van der Waals surface area contributed by atoms with Crippen molar-refractivity contribution in [1.29, 1.82) is 0 Å². The lowest BCUT2D eigenvalue weighted by Crippen LogP contribution is -2.62. The molecule has 1 aliphatic heterocycles. The lowest BCUT2D eigenvalue weighted by molar-refractivity contribution is -0.145. The van der Waals surface area contributed by atoms with Gasteiger partial charge in [0.2, 0.25) is 17.6 Å². The number of fused-ring (bicyclic) bond motifs is 1. The highest BCUT2D eigenvalue weighted by atomic mass is 32.2. The molecule has 16 heteroatoms. The number of likely N-dealkylation sites (tertiary alicyclic amines) is 1. The second-order valence-corrected chi connectivity index (χ2v) is 23.3. The predicted octanol–water partition coefficient (Wildman–Crippen LogP) is 4.95. The van der Waals surface area contributed by atoms with Crippen LogP contribution in [0, 0.1) is 34.0 Å². The van der Waals surface area contributed by atoms with Crippen LogP contribution in [-0.2, 0) is 35.6 Å². The first-order valence-corrected chi connectivity index (χ1v) is 23.5. The van der Waals surface area contributed by atoms with E-state index in [-0.39, 0.29) is 59.3 Å². The molecule has 2 aliphatic carbocycles. The fourth-order valence-corrected chi connectivity index (χ4v) is 11.4. The van der Waals surface area contributed by atoms with Crippen molar-refractivity contribution in [1.82, 2.24) is 31.1 Å². The summed E-state index contributed by atoms with van der Waals surface area (Å²) in [5.74, 6) is -2.99. The minimum atomic E-state index is -3.84. The van der Waals surface area contributed by atoms with Crippen LogP contribution < -0.4 is 21.3 Å². The van der Waals surface area contributed by atoms with E-state index in [0.29, 0.717) is 24.0 Å². The number of carbonyl (C=O) groups excluding carboxylic acids is 6. The molecule has 0 spiro atoms. The minimum Gasteiger partial charge on any atom is -0.346 e. The van der Waals surface area contributed by atoms with E-state index in [4.69, 9.17) is 0 Å². The zero-order valence-corrected chi connectivity index (χ0v) is 38.8. The van der Waals surface area contributed by atoms with Crippen molar-refractivity contribution in [2.24, 2.45) is 34.0 Å². The number of rotatable bonds is 17. The number of sulfone groups is 1. The summed E-state index contributed by atoms with van der Waals surface area (Å²) in [7, 11) is -2.17. The molecule has 5 rings (SSSR count). The van der Waals surface area contributed by atoms with E-state index < -0.39 is 79.6 Å². The first-order valence-electron chi connectivity index (χ1n) is 21.0. The Morgan fingerprint density at radius 2 is 1.62 bits per heavy atom. The number of hydrogen-bond acceptors (Lipinski definition) is 9. The topological polar surface area (TPSA) is 191 Å². The number of benzene rings is 1. The highest BCUT2D eigenvalue weighted by Crippen LogP contribution is 2.65. The monoisotopic (exact) mass is 880 g/mol. The molecule has 3 aliphatic rings. The first-order chi connectivity index (χ1) is 28.3. The molecule has 61 heavy (non-hydrogen) atoms. The third kappa shape index (κ3) is 10.7. The molecule has 1 aromatic carbocycles. The summed E-state index contributed by atoms with van der Waals surface area (Å²) in [4.78, 5) is 84.5. The Morgan fingerprint density at radius 1 is 0.984 bits per heavy atom. The van der Waals surface area contributed by atoms with E-state index in [2.05, 4.69) is 27.8 Å². The Hall–Kier alpha value is -4.57. The second-order valence-electron chi connectivity index (χ2n) is 19.8. The van der Waals surface area contributed by atoms with Crippen molar-refractivity contribution in [3.63, 3.8) is 0 Å². The maximum atomic E-state index is 14.6. The number of nitrogens with one attached hydrogen (secondary N) is 4. The summed E-state index contributed by atoms with van der Waals surface area (Å²) < 4.78 is 28.0. The van der Waals surface area contributed by atoms with Crippen LogP contribution in [0.25, 0.3) is 0 Å². The van der Waals surface area contributed by atoms with Gasteiger partial charge >= 0.3 is 6.03 Å². The summed E-state index contributed by atoms with van der Waals surface area (Å²) in [5.41, 5.74) is -0.412. The highest BCUT2D eigenvalue weighted by molar-refractivity contribution is 7.94. The molecule has 14 nitrogen and oxygen atoms in total. The first kappa shape index (κ1) is 47.5. The molecule has 7 atom stereocenters. The van der Waals surface area contributed by atoms with Crippen molar-refractivity contribution in [2.45, 2.75) is 122 Å². The van der Waals surface area contributed by atoms with Gasteiger partial charge in [-0.25, -0.2) is 13.2 Å². The summed E-state index contributed by atoms with van der Waals surface area (Å²) in [6.07, 6.45) is 2.91. The van der Waals surface area contributed by atoms with Gasteiger partial charge in [0.15, 0.2) is 9.84 Å². The molecule has 2 aromatic rings. The second kappa shape index (κ2) is 18.0. The Balaban J connectivity index is 1.27. The van der Waals surface area contributed by atoms with Crippen molar-refractivity contribution in [3.05, 3.63) is 65.6 Å². The normalized spacial score (nSPS) is 21.5. The zero-order chi connectivity index (χ0) is 45.4. The van der Waals surface area contributed by atoms with Crippen LogP contribution in [0.5, 0.6) is 0 Å². The van der Waals surface area contributed by atoms with Crippen LogP contribution in [0.2, 0.25) is 0 Å². The third-order valence-corrected chi connectivity index (χ3v) is 16.3. The van der Waals surface area contributed by atoms with E-state index >= 15 is 0 Å². The molecular weight excluding hydrogens is 817 g/mol. The highest BCUT2D eigenvalue weighted by Gasteiger charge is 2.70. The summed E-state index contributed by atoms with van der Waals surface area (Å²) in [6.45, 7) is 21.0. The fourth-order valence-electron chi connectivity index (χ4n) is 8.44. The molecule has 1 saturated heterocycles. The summed E-state index contributed by atoms with van der Waals surface area (Å²) >= 11 is 1.09. The number of amides is 6. The van der Waals surface area contributed by atoms with Crippen LogP contribution in [0.15, 0.2) is 58.6 Å². The molecule has 4 N–H and O–H groups in total. The van der Waals surface area contributed by atoms with Gasteiger partial charge in [-0.15, -0.1) is 17.9 Å². The molecule has 0 radical (unpaired) electrons. The maximum Gasteiger partial charge on any atom is 0.315 e. The van der Waals surface area contributed by atoms with E-state index in [1.54, 1.807) is 49.7 Å². The van der Waals surface area contributed by atoms with Crippen LogP contribution in [0.3, 0.4) is 0 Å². The lowest BCUT2D eigenvalue weighted by atomic mass is 9.83. The Labute approximate surface area is 365 Å². The quantitative estimate of drug-likeness (QED) is 0.127. The van der Waals surface area contributed by atoms with E-state index in [9.17, 15) is 37.2 Å². The van der Waals surface area contributed by atoms with Crippen molar-refractivity contribution >= 4 is 56.6 Å². The standard InChI is InChI=1S/C45H64N6O8S2/c1-12-20-46-39(54)36(52)34(28-18-19-28)48-38(53)35-33-30(45(33,9)10)24-51(35)41(56)37(44(6,7)8)49-42(57)47-31(43(3,4)5)21-26(2)61(58,59)32-22-27(25-60-32)23-50(11)40(55)29-16-14-13-15-17-29/h12-17,22,25-26,28,30-31,33-35,37H,1,18-21,23-24H2,2-11H3,(H,46,54)(H,48,53)(H2,47,49,57)/t26?,30-,31+,33-,34?,35-,37+/m0/s1. The van der Waals surface area contributed by atoms with Gasteiger partial charge in [-0.2, -0.15) is 0 Å². The van der Waals surface area contributed by atoms with Crippen molar-refractivity contribution in [2.75, 3.05) is 20.1 Å². The van der Waals surface area contributed by atoms with Crippen LogP contribution in [0.4, 0.5) is 4.79 Å². The number of Topliss-reactive ketones (excluding diaryl/α,β-unsaturated/α-hetero) is 1. The largest absolute Gasteiger partial charge is 0.346 e. The number of ketones is 1. The average Bonchev–Trinajstić information content (AvgIpc) is 3.96. The van der Waals surface area contributed by atoms with Crippen LogP contribution in [-0.4, -0.2) is 103 Å². The van der Waals surface area contributed by atoms with Crippen molar-refractivity contribution < 1.29 is 37.2 Å². The summed E-state index contributed by atoms with van der Waals surface area (Å²) in [5, 5.41) is 12.0. The van der Waals surface area contributed by atoms with Crippen LogP contribution in [0.1, 0.15) is 97.5 Å². The van der Waals surface area contributed by atoms with Gasteiger partial charge < -0.3 is 31.1 Å². The smallest absolute Gasteiger partial charge is 0.315 e. The van der Waals surface area contributed by atoms with Crippen molar-refractivity contribution in [3.8, 4) is 0 Å². The SMILES string of the molecule is C=CCNC(=O)C(=O)C(NC(=O)[C@@H]1[C@@H]2[C@H](CN1C(=O)[C@@H](NC(=O)N[C@H](CC(C)S(=O)(=O)c1cc(CN(C)C(=O)c3ccccc3)cs1)C(C)(C)C)C(C)(C)C)C2(C)C)C1CC1. The number of thiophene rings is 1. The van der Waals surface area contributed by atoms with E-state index in [1.165, 1.54) is 15.9 Å². The zero-order valence-electron chi connectivity index (χ0n) is 37.2. The van der Waals surface area contributed by atoms with Gasteiger partial charge in [-0.1, -0.05) is 79.7 Å². The number of hydrogen-bond donors (Lipinski definition) is 4. The van der Waals surface area contributed by atoms with Gasteiger partial charge in [-0.05, 0) is 89.3 Å². The molecule has 2 unspecified atom stereocenters. The van der Waals surface area contributed by atoms with Gasteiger partial charge in [0.1, 0.15) is 22.3 Å². The van der Waals surface area contributed by atoms with Crippen LogP contribution >= 0.6 is 11.3 Å². The molecular formula is C45H64N6O8S2. The Morgan fingerprint density at radius 3 is 2.20 bits per heavy atom. The fraction of sp³-hybridized carbons (Fsp3) is 0.600. The van der Waals surface area contributed by atoms with Gasteiger partial charge in [0.25, 0.3) is 11.8 Å². The van der Waals surface area contributed by atoms with Gasteiger partial charge in [0, 0.05) is 38.3 Å². The molecule has 2 heterocycles. The van der Waals surface area contributed by atoms with Gasteiger partial charge in [-0.3, -0.25) is 24.0 Å². The van der Waals surface area contributed by atoms with E-state index in [0.717, 1.165) is 11.3 Å². The number of nitrogens with zero attached hydrogens (tertiary/aromatic N) is 2. The lowest BCUT2D eigenvalue weighted by Gasteiger charge is -2.39. The third-order valence-electron chi connectivity index (χ3n) is 12.6. The molecule has 334 valence electrons. The number of urea groups is 1. The summed E-state index contributed by atoms with van der Waals surface area (Å²) in [6, 6.07) is 6.15. The maximum absolute atomic E-state index is 14.6.